The lowest BCUT2D eigenvalue weighted by Crippen LogP contribution is -2.45. The molecule has 5 heteroatoms. The molecular weight excluding hydrogens is 244 g/mol. The molecule has 0 aliphatic heterocycles. The Morgan fingerprint density at radius 2 is 2.00 bits per heavy atom. The van der Waals surface area contributed by atoms with Crippen LogP contribution in [0.2, 0.25) is 0 Å². The van der Waals surface area contributed by atoms with Crippen molar-refractivity contribution in [1.29, 1.82) is 0 Å². The molecule has 1 rings (SSSR count). The predicted molar refractivity (Wildman–Crippen MR) is 73.9 cm³/mol. The molecule has 5 nitrogen and oxygen atoms in total. The Balaban J connectivity index is 2.32. The van der Waals surface area contributed by atoms with Gasteiger partial charge in [0.1, 0.15) is 0 Å². The van der Waals surface area contributed by atoms with Gasteiger partial charge in [-0.1, -0.05) is 26.7 Å². The second kappa shape index (κ2) is 7.36. The zero-order chi connectivity index (χ0) is 14.4. The minimum absolute atomic E-state index is 0.0714. The molecule has 1 fully saturated rings. The zero-order valence-corrected chi connectivity index (χ0v) is 12.1. The van der Waals surface area contributed by atoms with E-state index in [-0.39, 0.29) is 23.9 Å². The Morgan fingerprint density at radius 3 is 2.58 bits per heavy atom. The van der Waals surface area contributed by atoms with E-state index in [2.05, 4.69) is 24.5 Å². The maximum Gasteiger partial charge on any atom is 0.315 e. The van der Waals surface area contributed by atoms with Gasteiger partial charge in [-0.15, -0.1) is 0 Å². The highest BCUT2D eigenvalue weighted by Crippen LogP contribution is 2.31. The van der Waals surface area contributed by atoms with E-state index in [1.165, 1.54) is 0 Å². The summed E-state index contributed by atoms with van der Waals surface area (Å²) in [7, 11) is 0. The number of carbonyl (C=O) groups is 2. The van der Waals surface area contributed by atoms with Crippen molar-refractivity contribution in [3.05, 3.63) is 0 Å². The topological polar surface area (TPSA) is 78.4 Å². The maximum absolute atomic E-state index is 11.7. The Hall–Kier alpha value is -1.26. The minimum atomic E-state index is -0.738. The number of urea groups is 1. The SMILES string of the molecule is CCC(C)C(C)NC(=O)NCC1CCCC1C(=O)O. The summed E-state index contributed by atoms with van der Waals surface area (Å²) in [6.45, 7) is 6.64. The van der Waals surface area contributed by atoms with E-state index in [4.69, 9.17) is 5.11 Å². The first-order valence-corrected chi connectivity index (χ1v) is 7.22. The van der Waals surface area contributed by atoms with Gasteiger partial charge in [-0.2, -0.15) is 0 Å². The monoisotopic (exact) mass is 270 g/mol. The van der Waals surface area contributed by atoms with Crippen molar-refractivity contribution in [2.45, 2.75) is 52.5 Å². The van der Waals surface area contributed by atoms with Crippen LogP contribution >= 0.6 is 0 Å². The summed E-state index contributed by atoms with van der Waals surface area (Å²) in [6.07, 6.45) is 3.57. The molecule has 4 unspecified atom stereocenters. The largest absolute Gasteiger partial charge is 0.481 e. The number of aliphatic carboxylic acids is 1. The molecule has 19 heavy (non-hydrogen) atoms. The van der Waals surface area contributed by atoms with E-state index >= 15 is 0 Å². The highest BCUT2D eigenvalue weighted by atomic mass is 16.4. The number of carboxylic acid groups (broad SMARTS) is 1. The Labute approximate surface area is 115 Å². The molecule has 110 valence electrons. The van der Waals surface area contributed by atoms with Crippen molar-refractivity contribution in [1.82, 2.24) is 10.6 Å². The van der Waals surface area contributed by atoms with Gasteiger partial charge in [-0.3, -0.25) is 4.79 Å². The number of carboxylic acids is 1. The molecule has 0 aromatic heterocycles. The molecular formula is C14H26N2O3. The Kier molecular flexibility index (Phi) is 6.12. The maximum atomic E-state index is 11.7. The first-order chi connectivity index (χ1) is 8.95. The highest BCUT2D eigenvalue weighted by Gasteiger charge is 2.32. The Bertz CT molecular complexity index is 320. The van der Waals surface area contributed by atoms with Crippen molar-refractivity contribution in [3.8, 4) is 0 Å². The number of hydrogen-bond acceptors (Lipinski definition) is 2. The summed E-state index contributed by atoms with van der Waals surface area (Å²) in [5.41, 5.74) is 0. The zero-order valence-electron chi connectivity index (χ0n) is 12.1. The lowest BCUT2D eigenvalue weighted by atomic mass is 9.96. The first kappa shape index (κ1) is 15.8. The van der Waals surface area contributed by atoms with Crippen LogP contribution in [0.5, 0.6) is 0 Å². The van der Waals surface area contributed by atoms with E-state index in [1.54, 1.807) is 0 Å². The van der Waals surface area contributed by atoms with E-state index in [1.807, 2.05) is 6.92 Å². The van der Waals surface area contributed by atoms with Gasteiger partial charge in [0.25, 0.3) is 0 Å². The summed E-state index contributed by atoms with van der Waals surface area (Å²) in [5, 5.41) is 14.8. The van der Waals surface area contributed by atoms with Gasteiger partial charge in [0.15, 0.2) is 0 Å². The molecule has 1 saturated carbocycles. The lowest BCUT2D eigenvalue weighted by Gasteiger charge is -2.21. The van der Waals surface area contributed by atoms with E-state index < -0.39 is 5.97 Å². The van der Waals surface area contributed by atoms with E-state index in [9.17, 15) is 9.59 Å². The molecule has 1 aliphatic rings. The highest BCUT2D eigenvalue weighted by molar-refractivity contribution is 5.74. The van der Waals surface area contributed by atoms with Crippen LogP contribution in [-0.4, -0.2) is 29.7 Å². The van der Waals surface area contributed by atoms with Crippen LogP contribution in [0.3, 0.4) is 0 Å². The lowest BCUT2D eigenvalue weighted by molar-refractivity contribution is -0.142. The molecule has 2 amide bonds. The molecule has 0 aromatic rings. The van der Waals surface area contributed by atoms with Crippen molar-refractivity contribution in [3.63, 3.8) is 0 Å². The van der Waals surface area contributed by atoms with Crippen LogP contribution in [0, 0.1) is 17.8 Å². The van der Waals surface area contributed by atoms with Gasteiger partial charge >= 0.3 is 12.0 Å². The van der Waals surface area contributed by atoms with Crippen LogP contribution < -0.4 is 10.6 Å². The predicted octanol–water partition coefficient (Wildman–Crippen LogP) is 2.22. The van der Waals surface area contributed by atoms with Crippen molar-refractivity contribution < 1.29 is 14.7 Å². The first-order valence-electron chi connectivity index (χ1n) is 7.22. The normalized spacial score (nSPS) is 25.6. The molecule has 0 radical (unpaired) electrons. The van der Waals surface area contributed by atoms with Gasteiger partial charge in [0.2, 0.25) is 0 Å². The van der Waals surface area contributed by atoms with Gasteiger partial charge < -0.3 is 15.7 Å². The quantitative estimate of drug-likeness (QED) is 0.692. The molecule has 3 N–H and O–H groups in total. The molecule has 0 aromatic carbocycles. The van der Waals surface area contributed by atoms with Crippen LogP contribution in [-0.2, 0) is 4.79 Å². The molecule has 0 spiro atoms. The van der Waals surface area contributed by atoms with Crippen LogP contribution in [0.1, 0.15) is 46.5 Å². The van der Waals surface area contributed by atoms with Crippen molar-refractivity contribution >= 4 is 12.0 Å². The second-order valence-electron chi connectivity index (χ2n) is 5.66. The standard InChI is InChI=1S/C14H26N2O3/c1-4-9(2)10(3)16-14(19)15-8-11-6-5-7-12(11)13(17)18/h9-12H,4-8H2,1-3H3,(H,17,18)(H2,15,16,19). The fourth-order valence-electron chi connectivity index (χ4n) is 2.58. The summed E-state index contributed by atoms with van der Waals surface area (Å²) >= 11 is 0. The summed E-state index contributed by atoms with van der Waals surface area (Å²) in [4.78, 5) is 22.8. The molecule has 0 saturated heterocycles. The fourth-order valence-corrected chi connectivity index (χ4v) is 2.58. The number of hydrogen-bond donors (Lipinski definition) is 3. The molecule has 4 atom stereocenters. The van der Waals surface area contributed by atoms with Gasteiger partial charge in [-0.05, 0) is 31.6 Å². The average molecular weight is 270 g/mol. The summed E-state index contributed by atoms with van der Waals surface area (Å²) < 4.78 is 0. The minimum Gasteiger partial charge on any atom is -0.481 e. The van der Waals surface area contributed by atoms with Crippen molar-refractivity contribution in [2.24, 2.45) is 17.8 Å². The number of amides is 2. The van der Waals surface area contributed by atoms with Gasteiger partial charge in [0, 0.05) is 12.6 Å². The second-order valence-corrected chi connectivity index (χ2v) is 5.66. The van der Waals surface area contributed by atoms with Gasteiger partial charge in [0.05, 0.1) is 5.92 Å². The molecule has 1 aliphatic carbocycles. The third-order valence-electron chi connectivity index (χ3n) is 4.36. The average Bonchev–Trinajstić information content (AvgIpc) is 2.83. The third kappa shape index (κ3) is 4.73. The summed E-state index contributed by atoms with van der Waals surface area (Å²) in [5.74, 6) is -0.531. The molecule has 0 heterocycles. The van der Waals surface area contributed by atoms with Gasteiger partial charge in [-0.25, -0.2) is 4.79 Å². The summed E-state index contributed by atoms with van der Waals surface area (Å²) in [6, 6.07) is -0.0623. The van der Waals surface area contributed by atoms with E-state index in [0.717, 1.165) is 25.7 Å². The van der Waals surface area contributed by atoms with Crippen molar-refractivity contribution in [2.75, 3.05) is 6.54 Å². The number of carbonyl (C=O) groups excluding carboxylic acids is 1. The number of nitrogens with one attached hydrogen (secondary N) is 2. The smallest absolute Gasteiger partial charge is 0.315 e. The van der Waals surface area contributed by atoms with E-state index in [0.29, 0.717) is 12.5 Å². The third-order valence-corrected chi connectivity index (χ3v) is 4.36. The fraction of sp³-hybridized carbons (Fsp3) is 0.857. The number of rotatable bonds is 6. The van der Waals surface area contributed by atoms with Crippen LogP contribution in [0.25, 0.3) is 0 Å². The van der Waals surface area contributed by atoms with Crippen LogP contribution in [0.4, 0.5) is 4.79 Å². The molecule has 0 bridgehead atoms. The Morgan fingerprint density at radius 1 is 1.32 bits per heavy atom. The van der Waals surface area contributed by atoms with Crippen LogP contribution in [0.15, 0.2) is 0 Å².